The Morgan fingerprint density at radius 1 is 1.04 bits per heavy atom. The highest BCUT2D eigenvalue weighted by Crippen LogP contribution is 2.33. The molecule has 0 aliphatic carbocycles. The van der Waals surface area contributed by atoms with Gasteiger partial charge in [-0.1, -0.05) is 65.9 Å². The van der Waals surface area contributed by atoms with Crippen LogP contribution in [-0.4, -0.2) is 79.0 Å². The lowest BCUT2D eigenvalue weighted by molar-refractivity contribution is -0.192. The van der Waals surface area contributed by atoms with E-state index in [2.05, 4.69) is 22.5 Å². The molecule has 0 bridgehead atoms. The zero-order valence-electron chi connectivity index (χ0n) is 26.8. The van der Waals surface area contributed by atoms with Gasteiger partial charge in [-0.15, -0.1) is 0 Å². The van der Waals surface area contributed by atoms with Crippen molar-refractivity contribution in [3.8, 4) is 11.8 Å². The number of fused-ring (bicyclic) bond motifs is 1. The molecule has 0 saturated carbocycles. The lowest BCUT2D eigenvalue weighted by Crippen LogP contribution is -2.48. The highest BCUT2D eigenvalue weighted by Gasteiger charge is 2.49. The van der Waals surface area contributed by atoms with Crippen LogP contribution in [0.15, 0.2) is 85.1 Å². The summed E-state index contributed by atoms with van der Waals surface area (Å²) in [6.45, 7) is 4.36. The van der Waals surface area contributed by atoms with Gasteiger partial charge in [-0.25, -0.2) is 0 Å². The Morgan fingerprint density at radius 2 is 1.72 bits per heavy atom. The van der Waals surface area contributed by atoms with E-state index >= 15 is 0 Å². The normalized spacial score (nSPS) is 21.1. The highest BCUT2D eigenvalue weighted by molar-refractivity contribution is 5.82. The highest BCUT2D eigenvalue weighted by atomic mass is 16.7. The summed E-state index contributed by atoms with van der Waals surface area (Å²) >= 11 is 0. The third-order valence-corrected chi connectivity index (χ3v) is 8.14. The van der Waals surface area contributed by atoms with E-state index in [9.17, 15) is 14.7 Å². The number of benzene rings is 3. The van der Waals surface area contributed by atoms with Crippen molar-refractivity contribution in [3.63, 3.8) is 0 Å². The quantitative estimate of drug-likeness (QED) is 0.232. The van der Waals surface area contributed by atoms with Crippen molar-refractivity contribution >= 4 is 17.6 Å². The largest absolute Gasteiger partial charge is 0.464 e. The van der Waals surface area contributed by atoms with Gasteiger partial charge in [-0.3, -0.25) is 19.3 Å². The third-order valence-electron chi connectivity index (χ3n) is 8.14. The van der Waals surface area contributed by atoms with Crippen molar-refractivity contribution in [2.75, 3.05) is 39.1 Å². The van der Waals surface area contributed by atoms with Crippen molar-refractivity contribution < 1.29 is 24.3 Å². The summed E-state index contributed by atoms with van der Waals surface area (Å²) in [5.74, 6) is 5.10. The maximum Gasteiger partial charge on any atom is 0.320 e. The smallest absolute Gasteiger partial charge is 0.320 e. The number of rotatable bonds is 10. The summed E-state index contributed by atoms with van der Waals surface area (Å²) in [5, 5.41) is 18.7. The van der Waals surface area contributed by atoms with E-state index < -0.39 is 30.1 Å². The van der Waals surface area contributed by atoms with Crippen LogP contribution in [0.2, 0.25) is 0 Å². The summed E-state index contributed by atoms with van der Waals surface area (Å²) in [5.41, 5.74) is 5.99. The Balaban J connectivity index is 1.34. The zero-order chi connectivity index (χ0) is 32.6. The van der Waals surface area contributed by atoms with E-state index in [4.69, 9.17) is 9.57 Å². The number of anilines is 1. The van der Waals surface area contributed by atoms with Gasteiger partial charge in [-0.2, -0.15) is 5.06 Å². The van der Waals surface area contributed by atoms with Gasteiger partial charge in [-0.05, 0) is 75.6 Å². The molecule has 5 rings (SSSR count). The Bertz CT molecular complexity index is 1590. The van der Waals surface area contributed by atoms with Crippen LogP contribution < -0.4 is 10.6 Å². The average molecular weight is 623 g/mol. The molecule has 0 aromatic heterocycles. The van der Waals surface area contributed by atoms with Gasteiger partial charge >= 0.3 is 5.97 Å². The number of esters is 1. The number of hydrogen-bond acceptors (Lipinski definition) is 8. The number of nitrogens with one attached hydrogen (secondary N) is 2. The van der Waals surface area contributed by atoms with Crippen LogP contribution in [0.4, 0.5) is 5.69 Å². The predicted molar refractivity (Wildman–Crippen MR) is 177 cm³/mol. The van der Waals surface area contributed by atoms with Gasteiger partial charge < -0.3 is 20.5 Å². The molecule has 2 heterocycles. The lowest BCUT2D eigenvalue weighted by Gasteiger charge is -2.27. The minimum Gasteiger partial charge on any atom is -0.464 e. The summed E-state index contributed by atoms with van der Waals surface area (Å²) < 4.78 is 5.61. The molecule has 2 aliphatic heterocycles. The molecule has 46 heavy (non-hydrogen) atoms. The molecule has 1 unspecified atom stereocenters. The minimum absolute atomic E-state index is 0.0188. The summed E-state index contributed by atoms with van der Waals surface area (Å²) in [6.07, 6.45) is 2.25. The first-order valence-electron chi connectivity index (χ1n) is 15.6. The number of hydroxylamine groups is 2. The number of aliphatic hydroxyl groups excluding tert-OH is 1. The number of aliphatic hydroxyl groups is 1. The second-order valence-corrected chi connectivity index (χ2v) is 12.2. The van der Waals surface area contributed by atoms with Crippen LogP contribution in [0, 0.1) is 24.7 Å². The van der Waals surface area contributed by atoms with Crippen molar-refractivity contribution in [3.05, 3.63) is 113 Å². The van der Waals surface area contributed by atoms with Crippen molar-refractivity contribution in [2.45, 2.75) is 44.6 Å². The molecule has 9 nitrogen and oxygen atoms in total. The number of ether oxygens (including phenoxy) is 1. The summed E-state index contributed by atoms with van der Waals surface area (Å²) in [7, 11) is 3.56. The molecular formula is C37H42N4O5. The first-order chi connectivity index (χ1) is 22.2. The summed E-state index contributed by atoms with van der Waals surface area (Å²) in [4.78, 5) is 34.4. The second-order valence-electron chi connectivity index (χ2n) is 12.2. The number of likely N-dealkylation sites (N-methyl/N-ethyl adjacent to an activating group) is 1. The van der Waals surface area contributed by atoms with E-state index in [0.717, 1.165) is 27.9 Å². The Hall–Kier alpha value is -4.46. The summed E-state index contributed by atoms with van der Waals surface area (Å²) in [6, 6.07) is 23.0. The number of amides is 1. The number of aryl methyl sites for hydroxylation is 1. The number of carbonyl (C=O) groups is 2. The fraction of sp³-hybridized carbons (Fsp3) is 0.351. The first-order valence-corrected chi connectivity index (χ1v) is 15.6. The van der Waals surface area contributed by atoms with E-state index in [1.807, 2.05) is 92.0 Å². The molecule has 1 saturated heterocycles. The van der Waals surface area contributed by atoms with Crippen LogP contribution in [0.3, 0.4) is 0 Å². The van der Waals surface area contributed by atoms with Crippen molar-refractivity contribution in [1.29, 1.82) is 0 Å². The van der Waals surface area contributed by atoms with Crippen LogP contribution in [0.1, 0.15) is 40.7 Å². The van der Waals surface area contributed by atoms with Gasteiger partial charge in [0.25, 0.3) is 0 Å². The van der Waals surface area contributed by atoms with Crippen LogP contribution in [0.5, 0.6) is 0 Å². The van der Waals surface area contributed by atoms with Crippen LogP contribution in [-0.2, 0) is 25.7 Å². The van der Waals surface area contributed by atoms with Gasteiger partial charge in [0.1, 0.15) is 12.1 Å². The van der Waals surface area contributed by atoms with E-state index in [1.54, 1.807) is 31.0 Å². The molecule has 3 N–H and O–H groups in total. The topological polar surface area (TPSA) is 103 Å². The van der Waals surface area contributed by atoms with Gasteiger partial charge in [0.2, 0.25) is 5.91 Å². The first kappa shape index (κ1) is 32.9. The number of carbonyl (C=O) groups excluding carboxylic acids is 2. The number of para-hydroxylation sites is 1. The molecule has 5 atom stereocenters. The predicted octanol–water partition coefficient (Wildman–Crippen LogP) is 3.82. The second kappa shape index (κ2) is 15.2. The molecule has 0 radical (unpaired) electrons. The number of nitrogens with zero attached hydrogens (tertiary/aromatic N) is 2. The maximum absolute atomic E-state index is 14.0. The molecular weight excluding hydrogens is 580 g/mol. The third kappa shape index (κ3) is 8.42. The van der Waals surface area contributed by atoms with Gasteiger partial charge in [0, 0.05) is 29.3 Å². The van der Waals surface area contributed by atoms with E-state index in [1.165, 1.54) is 5.56 Å². The molecule has 240 valence electrons. The Kier molecular flexibility index (Phi) is 10.9. The average Bonchev–Trinajstić information content (AvgIpc) is 3.41. The van der Waals surface area contributed by atoms with Crippen molar-refractivity contribution in [1.82, 2.24) is 15.3 Å². The molecule has 1 amide bonds. The SMILES string of the molecule is Cc1ccc(C#Cc2ccc(CN3O[C@@H]([C@H](C)O)[C@@H](COC(=O)CN(C)C)[C@H]3C(=O)NCC3C=CNc4ccccc43)cc2)cc1. The zero-order valence-corrected chi connectivity index (χ0v) is 26.8. The maximum atomic E-state index is 14.0. The molecule has 1 fully saturated rings. The molecule has 3 aromatic carbocycles. The van der Waals surface area contributed by atoms with Crippen LogP contribution >= 0.6 is 0 Å². The van der Waals surface area contributed by atoms with Crippen molar-refractivity contribution in [2.24, 2.45) is 5.92 Å². The Labute approximate surface area is 271 Å². The fourth-order valence-corrected chi connectivity index (χ4v) is 5.74. The van der Waals surface area contributed by atoms with Gasteiger partial charge in [0.15, 0.2) is 0 Å². The van der Waals surface area contributed by atoms with E-state index in [-0.39, 0.29) is 31.5 Å². The molecule has 2 aliphatic rings. The molecule has 3 aromatic rings. The minimum atomic E-state index is -0.906. The van der Waals surface area contributed by atoms with Crippen LogP contribution in [0.25, 0.3) is 0 Å². The monoisotopic (exact) mass is 622 g/mol. The lowest BCUT2D eigenvalue weighted by atomic mass is 9.91. The van der Waals surface area contributed by atoms with E-state index in [0.29, 0.717) is 6.54 Å². The molecule has 0 spiro atoms. The molecule has 9 heteroatoms. The Morgan fingerprint density at radius 3 is 2.39 bits per heavy atom. The number of hydrogen-bond donors (Lipinski definition) is 3. The van der Waals surface area contributed by atoms with Gasteiger partial charge in [0.05, 0.1) is 31.7 Å². The standard InChI is InChI=1S/C37H42N4O5/c1-25-9-11-27(12-10-25)13-14-28-15-17-29(18-16-28)22-41-35(32(36(46-41)26(2)42)24-45-34(43)23-40(3)4)37(44)39-21-30-19-20-38-33-8-6-5-7-31(30)33/h5-12,15-20,26,30,32,35-36,38,42H,21-24H2,1-4H3,(H,39,44)/t26-,30?,32-,35-,36-/m0/s1. The fourth-order valence-electron chi connectivity index (χ4n) is 5.74.